The SMILES string of the molecule is OC(Cc1nc(-c2ccccc2)cs1)c1csc(I)c1. The zero-order chi connectivity index (χ0) is 13.9. The van der Waals surface area contributed by atoms with E-state index in [-0.39, 0.29) is 0 Å². The molecule has 2 aromatic heterocycles. The van der Waals surface area contributed by atoms with Gasteiger partial charge < -0.3 is 5.11 Å². The van der Waals surface area contributed by atoms with Gasteiger partial charge in [0, 0.05) is 17.4 Å². The van der Waals surface area contributed by atoms with Crippen LogP contribution in [0.5, 0.6) is 0 Å². The van der Waals surface area contributed by atoms with Crippen molar-refractivity contribution in [2.75, 3.05) is 0 Å². The van der Waals surface area contributed by atoms with Gasteiger partial charge in [0.25, 0.3) is 0 Å². The van der Waals surface area contributed by atoms with E-state index in [4.69, 9.17) is 0 Å². The molecule has 3 aromatic rings. The monoisotopic (exact) mass is 413 g/mol. The molecule has 2 heterocycles. The molecule has 0 saturated carbocycles. The van der Waals surface area contributed by atoms with E-state index in [1.54, 1.807) is 22.7 Å². The fraction of sp³-hybridized carbons (Fsp3) is 0.133. The van der Waals surface area contributed by atoms with Crippen LogP contribution < -0.4 is 0 Å². The molecule has 1 N–H and O–H groups in total. The number of benzene rings is 1. The molecule has 0 saturated heterocycles. The van der Waals surface area contributed by atoms with Crippen molar-refractivity contribution < 1.29 is 5.11 Å². The molecule has 0 aliphatic carbocycles. The van der Waals surface area contributed by atoms with Crippen molar-refractivity contribution in [3.8, 4) is 11.3 Å². The Bertz CT molecular complexity index is 693. The van der Waals surface area contributed by atoms with Crippen LogP contribution in [0.2, 0.25) is 0 Å². The molecule has 0 aliphatic heterocycles. The Hall–Kier alpha value is -0.760. The van der Waals surface area contributed by atoms with E-state index in [2.05, 4.69) is 45.1 Å². The second-order valence-electron chi connectivity index (χ2n) is 4.40. The molecule has 102 valence electrons. The molecule has 0 radical (unpaired) electrons. The van der Waals surface area contributed by atoms with Crippen LogP contribution in [0.15, 0.2) is 47.2 Å². The number of thiophene rings is 1. The number of thiazole rings is 1. The van der Waals surface area contributed by atoms with Gasteiger partial charge in [0.1, 0.15) is 0 Å². The van der Waals surface area contributed by atoms with E-state index in [1.807, 2.05) is 29.6 Å². The summed E-state index contributed by atoms with van der Waals surface area (Å²) in [5, 5.41) is 15.3. The first kappa shape index (κ1) is 14.2. The van der Waals surface area contributed by atoms with Crippen molar-refractivity contribution in [3.63, 3.8) is 0 Å². The lowest BCUT2D eigenvalue weighted by Crippen LogP contribution is -1.99. The van der Waals surface area contributed by atoms with Crippen molar-refractivity contribution in [1.82, 2.24) is 4.98 Å². The van der Waals surface area contributed by atoms with Gasteiger partial charge in [0.15, 0.2) is 0 Å². The van der Waals surface area contributed by atoms with Crippen molar-refractivity contribution in [2.24, 2.45) is 0 Å². The second-order valence-corrected chi connectivity index (χ2v) is 8.14. The van der Waals surface area contributed by atoms with Gasteiger partial charge in [0.2, 0.25) is 0 Å². The highest BCUT2D eigenvalue weighted by Gasteiger charge is 2.13. The van der Waals surface area contributed by atoms with Crippen molar-refractivity contribution in [1.29, 1.82) is 0 Å². The number of aromatic nitrogens is 1. The molecule has 1 aromatic carbocycles. The maximum Gasteiger partial charge on any atom is 0.0961 e. The minimum Gasteiger partial charge on any atom is -0.388 e. The molecule has 20 heavy (non-hydrogen) atoms. The molecule has 0 fully saturated rings. The highest BCUT2D eigenvalue weighted by Crippen LogP contribution is 2.28. The summed E-state index contributed by atoms with van der Waals surface area (Å²) in [6, 6.07) is 12.2. The summed E-state index contributed by atoms with van der Waals surface area (Å²) >= 11 is 5.53. The Morgan fingerprint density at radius 2 is 1.95 bits per heavy atom. The molecule has 1 unspecified atom stereocenters. The number of aliphatic hydroxyl groups excluding tert-OH is 1. The van der Waals surface area contributed by atoms with Gasteiger partial charge in [0.05, 0.1) is 19.7 Å². The average Bonchev–Trinajstić information content (AvgIpc) is 3.09. The number of halogens is 1. The van der Waals surface area contributed by atoms with Crippen molar-refractivity contribution >= 4 is 45.3 Å². The van der Waals surface area contributed by atoms with E-state index >= 15 is 0 Å². The molecule has 0 spiro atoms. The normalized spacial score (nSPS) is 12.5. The van der Waals surface area contributed by atoms with Gasteiger partial charge in [-0.15, -0.1) is 22.7 Å². The molecule has 5 heteroatoms. The van der Waals surface area contributed by atoms with Crippen molar-refractivity contribution in [2.45, 2.75) is 12.5 Å². The Morgan fingerprint density at radius 3 is 2.65 bits per heavy atom. The van der Waals surface area contributed by atoms with Gasteiger partial charge in [-0.05, 0) is 39.6 Å². The predicted octanol–water partition coefficient (Wildman–Crippen LogP) is 4.75. The fourth-order valence-corrected chi connectivity index (χ4v) is 4.19. The summed E-state index contributed by atoms with van der Waals surface area (Å²) in [6.07, 6.45) is 0.106. The van der Waals surface area contributed by atoms with Crippen molar-refractivity contribution in [3.05, 3.63) is 60.6 Å². The Balaban J connectivity index is 1.74. The van der Waals surface area contributed by atoms with Crippen LogP contribution in [0.1, 0.15) is 16.7 Å². The average molecular weight is 413 g/mol. The predicted molar refractivity (Wildman–Crippen MR) is 93.2 cm³/mol. The minimum atomic E-state index is -0.468. The van der Waals surface area contributed by atoms with Crippen LogP contribution in [-0.2, 0) is 6.42 Å². The van der Waals surface area contributed by atoms with E-state index in [1.165, 1.54) is 2.88 Å². The Kier molecular flexibility index (Phi) is 4.50. The van der Waals surface area contributed by atoms with E-state index in [9.17, 15) is 5.11 Å². The minimum absolute atomic E-state index is 0.468. The molecular formula is C15H12INOS2. The van der Waals surface area contributed by atoms with Crippen LogP contribution in [0, 0.1) is 2.88 Å². The first-order valence-electron chi connectivity index (χ1n) is 6.14. The third kappa shape index (κ3) is 3.28. The molecule has 0 aliphatic rings. The topological polar surface area (TPSA) is 33.1 Å². The smallest absolute Gasteiger partial charge is 0.0961 e. The summed E-state index contributed by atoms with van der Waals surface area (Å²) in [7, 11) is 0. The van der Waals surface area contributed by atoms with Crippen LogP contribution in [-0.4, -0.2) is 10.1 Å². The van der Waals surface area contributed by atoms with Gasteiger partial charge in [-0.1, -0.05) is 30.3 Å². The first-order chi connectivity index (χ1) is 9.72. The summed E-state index contributed by atoms with van der Waals surface area (Å²) < 4.78 is 1.20. The quantitative estimate of drug-likeness (QED) is 0.627. The largest absolute Gasteiger partial charge is 0.388 e. The molecule has 0 amide bonds. The molecule has 3 rings (SSSR count). The van der Waals surface area contributed by atoms with Gasteiger partial charge in [-0.3, -0.25) is 0 Å². The lowest BCUT2D eigenvalue weighted by Gasteiger charge is -2.05. The third-order valence-corrected chi connectivity index (χ3v) is 5.64. The molecular weight excluding hydrogens is 401 g/mol. The van der Waals surface area contributed by atoms with Crippen LogP contribution in [0.25, 0.3) is 11.3 Å². The maximum atomic E-state index is 10.2. The Morgan fingerprint density at radius 1 is 1.15 bits per heavy atom. The number of hydrogen-bond donors (Lipinski definition) is 1. The van der Waals surface area contributed by atoms with E-state index < -0.39 is 6.10 Å². The highest BCUT2D eigenvalue weighted by atomic mass is 127. The number of hydrogen-bond acceptors (Lipinski definition) is 4. The summed E-state index contributed by atoms with van der Waals surface area (Å²) in [5.74, 6) is 0. The number of nitrogens with zero attached hydrogens (tertiary/aromatic N) is 1. The first-order valence-corrected chi connectivity index (χ1v) is 8.98. The van der Waals surface area contributed by atoms with Crippen LogP contribution >= 0.6 is 45.3 Å². The Labute approximate surface area is 139 Å². The third-order valence-electron chi connectivity index (χ3n) is 2.96. The number of aliphatic hydroxyl groups is 1. The standard InChI is InChI=1S/C15H12INOS2/c16-14-6-11(8-19-14)13(18)7-15-17-12(9-20-15)10-4-2-1-3-5-10/h1-6,8-9,13,18H,7H2. The highest BCUT2D eigenvalue weighted by molar-refractivity contribution is 14.1. The summed E-state index contributed by atoms with van der Waals surface area (Å²) in [4.78, 5) is 4.61. The zero-order valence-electron chi connectivity index (χ0n) is 10.5. The maximum absolute atomic E-state index is 10.2. The molecule has 1 atom stereocenters. The molecule has 2 nitrogen and oxygen atoms in total. The van der Waals surface area contributed by atoms with Gasteiger partial charge in [-0.25, -0.2) is 4.98 Å². The van der Waals surface area contributed by atoms with E-state index in [0.717, 1.165) is 21.8 Å². The fourth-order valence-electron chi connectivity index (χ4n) is 1.93. The summed E-state index contributed by atoms with van der Waals surface area (Å²) in [6.45, 7) is 0. The van der Waals surface area contributed by atoms with Gasteiger partial charge in [-0.2, -0.15) is 0 Å². The van der Waals surface area contributed by atoms with Crippen LogP contribution in [0.4, 0.5) is 0 Å². The second kappa shape index (κ2) is 6.34. The summed E-state index contributed by atoms with van der Waals surface area (Å²) in [5.41, 5.74) is 3.09. The molecule has 0 bridgehead atoms. The lowest BCUT2D eigenvalue weighted by molar-refractivity contribution is 0.179. The zero-order valence-corrected chi connectivity index (χ0v) is 14.3. The lowest BCUT2D eigenvalue weighted by atomic mass is 10.1. The number of rotatable bonds is 4. The van der Waals surface area contributed by atoms with Crippen LogP contribution in [0.3, 0.4) is 0 Å². The van der Waals surface area contributed by atoms with Gasteiger partial charge >= 0.3 is 0 Å². The van der Waals surface area contributed by atoms with E-state index in [0.29, 0.717) is 6.42 Å².